The Labute approximate surface area is 193 Å². The molecule has 0 atom stereocenters. The number of nitrogens with zero attached hydrogens (tertiary/aromatic N) is 6. The second kappa shape index (κ2) is 8.98. The molecule has 0 unspecified atom stereocenters. The van der Waals surface area contributed by atoms with E-state index in [1.54, 1.807) is 6.20 Å². The molecule has 6 heteroatoms. The van der Waals surface area contributed by atoms with Gasteiger partial charge >= 0.3 is 0 Å². The van der Waals surface area contributed by atoms with Crippen molar-refractivity contribution in [3.05, 3.63) is 95.4 Å². The summed E-state index contributed by atoms with van der Waals surface area (Å²) in [5, 5.41) is 20.5. The van der Waals surface area contributed by atoms with Gasteiger partial charge in [-0.1, -0.05) is 36.4 Å². The van der Waals surface area contributed by atoms with Gasteiger partial charge in [0.1, 0.15) is 11.9 Å². The zero-order valence-corrected chi connectivity index (χ0v) is 18.1. The van der Waals surface area contributed by atoms with E-state index in [4.69, 9.17) is 10.2 Å². The molecule has 0 saturated carbocycles. The quantitative estimate of drug-likeness (QED) is 0.481. The average Bonchev–Trinajstić information content (AvgIpc) is 2.89. The molecule has 1 saturated heterocycles. The van der Waals surface area contributed by atoms with Gasteiger partial charge in [0, 0.05) is 49.6 Å². The third-order valence-electron chi connectivity index (χ3n) is 6.11. The van der Waals surface area contributed by atoms with Gasteiger partial charge in [0.05, 0.1) is 34.8 Å². The normalized spacial score (nSPS) is 13.5. The minimum absolute atomic E-state index is 0.578. The van der Waals surface area contributed by atoms with Crippen LogP contribution in [0.3, 0.4) is 0 Å². The molecule has 1 aliphatic rings. The Morgan fingerprint density at radius 3 is 2.21 bits per heavy atom. The first-order valence-electron chi connectivity index (χ1n) is 11.0. The van der Waals surface area contributed by atoms with Crippen LogP contribution in [-0.4, -0.2) is 36.1 Å². The van der Waals surface area contributed by atoms with Crippen LogP contribution in [-0.2, 0) is 6.42 Å². The maximum atomic E-state index is 9.20. The zero-order chi connectivity index (χ0) is 22.6. The highest BCUT2D eigenvalue weighted by molar-refractivity contribution is 5.95. The molecule has 2 aromatic carbocycles. The molecular formula is C27H22N6. The summed E-state index contributed by atoms with van der Waals surface area (Å²) in [6.45, 7) is 3.46. The molecule has 0 spiro atoms. The summed E-state index contributed by atoms with van der Waals surface area (Å²) in [5.74, 6) is 0.909. The van der Waals surface area contributed by atoms with Crippen molar-refractivity contribution in [1.82, 2.24) is 9.97 Å². The van der Waals surface area contributed by atoms with Gasteiger partial charge in [0.2, 0.25) is 0 Å². The summed E-state index contributed by atoms with van der Waals surface area (Å²) in [5.41, 5.74) is 4.50. The molecule has 1 aliphatic heterocycles. The van der Waals surface area contributed by atoms with Crippen LogP contribution in [0.2, 0.25) is 0 Å². The van der Waals surface area contributed by atoms with Crippen LogP contribution >= 0.6 is 0 Å². The van der Waals surface area contributed by atoms with Gasteiger partial charge in [0.25, 0.3) is 0 Å². The molecule has 0 radical (unpaired) electrons. The van der Waals surface area contributed by atoms with E-state index in [-0.39, 0.29) is 0 Å². The largest absolute Gasteiger partial charge is 0.366 e. The van der Waals surface area contributed by atoms with Crippen molar-refractivity contribution in [3.8, 4) is 12.1 Å². The molecule has 160 valence electrons. The summed E-state index contributed by atoms with van der Waals surface area (Å²) in [7, 11) is 0. The molecule has 0 aliphatic carbocycles. The number of rotatable bonds is 4. The molecule has 6 nitrogen and oxygen atoms in total. The maximum Gasteiger partial charge on any atom is 0.128 e. The van der Waals surface area contributed by atoms with Crippen molar-refractivity contribution in [2.24, 2.45) is 0 Å². The number of hydrogen-bond acceptors (Lipinski definition) is 6. The Kier molecular flexibility index (Phi) is 5.57. The van der Waals surface area contributed by atoms with E-state index in [1.807, 2.05) is 42.6 Å². The fourth-order valence-corrected chi connectivity index (χ4v) is 4.39. The summed E-state index contributed by atoms with van der Waals surface area (Å²) in [6, 6.07) is 24.2. The third kappa shape index (κ3) is 4.20. The number of fused-ring (bicyclic) bond motifs is 1. The predicted molar refractivity (Wildman–Crippen MR) is 129 cm³/mol. The smallest absolute Gasteiger partial charge is 0.128 e. The van der Waals surface area contributed by atoms with E-state index in [1.165, 1.54) is 5.39 Å². The van der Waals surface area contributed by atoms with Crippen molar-refractivity contribution < 1.29 is 0 Å². The van der Waals surface area contributed by atoms with E-state index in [2.05, 4.69) is 51.2 Å². The van der Waals surface area contributed by atoms with Crippen LogP contribution in [0.4, 0.5) is 11.5 Å². The third-order valence-corrected chi connectivity index (χ3v) is 6.11. The Bertz CT molecular complexity index is 1370. The molecule has 3 heterocycles. The van der Waals surface area contributed by atoms with E-state index in [0.29, 0.717) is 17.5 Å². The van der Waals surface area contributed by atoms with Gasteiger partial charge in [-0.05, 0) is 29.8 Å². The number of nitriles is 2. The monoisotopic (exact) mass is 430 g/mol. The van der Waals surface area contributed by atoms with E-state index < -0.39 is 0 Å². The fraction of sp³-hybridized carbons (Fsp3) is 0.185. The Hall–Kier alpha value is -4.42. The minimum Gasteiger partial charge on any atom is -0.366 e. The van der Waals surface area contributed by atoms with Crippen LogP contribution in [0, 0.1) is 22.7 Å². The minimum atomic E-state index is 0.578. The lowest BCUT2D eigenvalue weighted by molar-refractivity contribution is 0.648. The average molecular weight is 431 g/mol. The van der Waals surface area contributed by atoms with Gasteiger partial charge in [-0.3, -0.25) is 4.98 Å². The van der Waals surface area contributed by atoms with E-state index in [9.17, 15) is 5.26 Å². The zero-order valence-electron chi connectivity index (χ0n) is 18.1. The molecular weight excluding hydrogens is 408 g/mol. The molecule has 4 aromatic rings. The van der Waals surface area contributed by atoms with Gasteiger partial charge in [-0.15, -0.1) is 0 Å². The molecule has 1 fully saturated rings. The summed E-state index contributed by atoms with van der Waals surface area (Å²) < 4.78 is 0. The number of aromatic nitrogens is 2. The summed E-state index contributed by atoms with van der Waals surface area (Å²) in [4.78, 5) is 13.9. The van der Waals surface area contributed by atoms with Crippen molar-refractivity contribution in [1.29, 1.82) is 10.5 Å². The van der Waals surface area contributed by atoms with Crippen molar-refractivity contribution >= 4 is 22.3 Å². The SMILES string of the molecule is N#Cc1ccc(N2CCN(c3cnc(Cc4cccc(C#N)c4)c4ccccc34)CC2)nc1. The highest BCUT2D eigenvalue weighted by Gasteiger charge is 2.21. The molecule has 0 amide bonds. The van der Waals surface area contributed by atoms with E-state index in [0.717, 1.165) is 54.3 Å². The van der Waals surface area contributed by atoms with Crippen molar-refractivity contribution in [2.75, 3.05) is 36.0 Å². The van der Waals surface area contributed by atoms with Crippen LogP contribution in [0.25, 0.3) is 10.8 Å². The van der Waals surface area contributed by atoms with Crippen LogP contribution in [0.15, 0.2) is 73.1 Å². The van der Waals surface area contributed by atoms with E-state index >= 15 is 0 Å². The second-order valence-electron chi connectivity index (χ2n) is 8.12. The van der Waals surface area contributed by atoms with Gasteiger partial charge in [-0.2, -0.15) is 10.5 Å². The molecule has 0 N–H and O–H groups in total. The van der Waals surface area contributed by atoms with Crippen molar-refractivity contribution in [3.63, 3.8) is 0 Å². The van der Waals surface area contributed by atoms with Gasteiger partial charge < -0.3 is 9.80 Å². The Morgan fingerprint density at radius 1 is 0.727 bits per heavy atom. The number of pyridine rings is 2. The lowest BCUT2D eigenvalue weighted by Gasteiger charge is -2.37. The molecule has 33 heavy (non-hydrogen) atoms. The highest BCUT2D eigenvalue weighted by atomic mass is 15.3. The summed E-state index contributed by atoms with van der Waals surface area (Å²) >= 11 is 0. The van der Waals surface area contributed by atoms with Crippen LogP contribution < -0.4 is 9.80 Å². The van der Waals surface area contributed by atoms with Crippen LogP contribution in [0.5, 0.6) is 0 Å². The lowest BCUT2D eigenvalue weighted by atomic mass is 10.0. The van der Waals surface area contributed by atoms with Gasteiger partial charge in [0.15, 0.2) is 0 Å². The Balaban J connectivity index is 1.38. The number of hydrogen-bond donors (Lipinski definition) is 0. The predicted octanol–water partition coefficient (Wildman–Crippen LogP) is 4.29. The molecule has 5 rings (SSSR count). The summed E-state index contributed by atoms with van der Waals surface area (Å²) in [6.07, 6.45) is 4.31. The number of anilines is 2. The lowest BCUT2D eigenvalue weighted by Crippen LogP contribution is -2.47. The fourth-order valence-electron chi connectivity index (χ4n) is 4.39. The standard InChI is InChI=1S/C27H22N6/c28-16-21-5-3-4-20(14-21)15-25-23-6-1-2-7-24(23)26(19-30-25)32-10-12-33(13-11-32)27-9-8-22(17-29)18-31-27/h1-9,14,18-19H,10-13,15H2. The topological polar surface area (TPSA) is 79.8 Å². The number of piperazine rings is 1. The first kappa shape index (κ1) is 20.5. The first-order chi connectivity index (χ1) is 16.2. The molecule has 2 aromatic heterocycles. The molecule has 0 bridgehead atoms. The second-order valence-corrected chi connectivity index (χ2v) is 8.12. The first-order valence-corrected chi connectivity index (χ1v) is 11.0. The number of benzene rings is 2. The van der Waals surface area contributed by atoms with Crippen LogP contribution in [0.1, 0.15) is 22.4 Å². The maximum absolute atomic E-state index is 9.20. The van der Waals surface area contributed by atoms with Crippen molar-refractivity contribution in [2.45, 2.75) is 6.42 Å². The van der Waals surface area contributed by atoms with Gasteiger partial charge in [-0.25, -0.2) is 4.98 Å². The highest BCUT2D eigenvalue weighted by Crippen LogP contribution is 2.30. The Morgan fingerprint density at radius 2 is 1.48 bits per heavy atom.